The van der Waals surface area contributed by atoms with E-state index >= 15 is 0 Å². The Kier molecular flexibility index (Phi) is 2.92. The molecule has 0 unspecified atom stereocenters. The maximum atomic E-state index is 12.2. The van der Waals surface area contributed by atoms with Crippen LogP contribution in [-0.2, 0) is 6.54 Å². The van der Waals surface area contributed by atoms with Gasteiger partial charge in [-0.15, -0.1) is 15.3 Å². The summed E-state index contributed by atoms with van der Waals surface area (Å²) >= 11 is 1.27. The Bertz CT molecular complexity index is 790. The number of benzene rings is 1. The van der Waals surface area contributed by atoms with Gasteiger partial charge in [-0.3, -0.25) is 4.79 Å². The van der Waals surface area contributed by atoms with Crippen molar-refractivity contribution >= 4 is 22.2 Å². The molecule has 6 nitrogen and oxygen atoms in total. The van der Waals surface area contributed by atoms with Gasteiger partial charge in [-0.2, -0.15) is 4.52 Å². The van der Waals surface area contributed by atoms with E-state index in [2.05, 4.69) is 20.6 Å². The summed E-state index contributed by atoms with van der Waals surface area (Å²) < 4.78 is 1.71. The molecule has 1 saturated carbocycles. The highest BCUT2D eigenvalue weighted by atomic mass is 32.1. The van der Waals surface area contributed by atoms with Gasteiger partial charge in [0.1, 0.15) is 0 Å². The third kappa shape index (κ3) is 2.40. The highest BCUT2D eigenvalue weighted by molar-refractivity contribution is 7.18. The fourth-order valence-corrected chi connectivity index (χ4v) is 2.94. The van der Waals surface area contributed by atoms with Gasteiger partial charge in [0, 0.05) is 12.5 Å². The lowest BCUT2D eigenvalue weighted by atomic mass is 10.2. The summed E-state index contributed by atoms with van der Waals surface area (Å²) in [6.07, 6.45) is 2.27. The van der Waals surface area contributed by atoms with Crippen LogP contribution in [-0.4, -0.2) is 25.7 Å². The van der Waals surface area contributed by atoms with Crippen molar-refractivity contribution in [1.29, 1.82) is 0 Å². The molecule has 7 heteroatoms. The van der Waals surface area contributed by atoms with Gasteiger partial charge in [0.2, 0.25) is 9.97 Å². The highest BCUT2D eigenvalue weighted by Crippen LogP contribution is 2.39. The van der Waals surface area contributed by atoms with Crippen molar-refractivity contribution in [3.05, 3.63) is 46.7 Å². The second kappa shape index (κ2) is 4.92. The van der Waals surface area contributed by atoms with Crippen molar-refractivity contribution in [3.8, 4) is 0 Å². The number of hydrogen-bond donors (Lipinski definition) is 1. The van der Waals surface area contributed by atoms with Crippen LogP contribution in [0.2, 0.25) is 0 Å². The lowest BCUT2D eigenvalue weighted by Crippen LogP contribution is -2.22. The Balaban J connectivity index is 1.51. The molecule has 0 atom stereocenters. The minimum atomic E-state index is -0.170. The predicted octanol–water partition coefficient (Wildman–Crippen LogP) is 1.99. The molecule has 1 aliphatic rings. The van der Waals surface area contributed by atoms with Crippen molar-refractivity contribution in [2.45, 2.75) is 25.3 Å². The molecule has 3 aromatic rings. The second-order valence-corrected chi connectivity index (χ2v) is 6.06. The molecule has 21 heavy (non-hydrogen) atoms. The van der Waals surface area contributed by atoms with Gasteiger partial charge in [-0.25, -0.2) is 0 Å². The van der Waals surface area contributed by atoms with Crippen molar-refractivity contribution in [2.75, 3.05) is 0 Å². The largest absolute Gasteiger partial charge is 0.346 e. The van der Waals surface area contributed by atoms with E-state index in [0.29, 0.717) is 22.4 Å². The molecule has 0 radical (unpaired) electrons. The zero-order valence-corrected chi connectivity index (χ0v) is 12.0. The average Bonchev–Trinajstić information content (AvgIpc) is 3.14. The first-order valence-electron chi connectivity index (χ1n) is 6.85. The van der Waals surface area contributed by atoms with E-state index in [0.717, 1.165) is 24.2 Å². The van der Waals surface area contributed by atoms with E-state index in [9.17, 15) is 4.79 Å². The molecule has 1 aliphatic carbocycles. The third-order valence-corrected chi connectivity index (χ3v) is 4.35. The van der Waals surface area contributed by atoms with Crippen LogP contribution in [0, 0.1) is 0 Å². The maximum Gasteiger partial charge on any atom is 0.282 e. The fraction of sp³-hybridized carbons (Fsp3) is 0.286. The fourth-order valence-electron chi connectivity index (χ4n) is 2.17. The van der Waals surface area contributed by atoms with Gasteiger partial charge in [-0.05, 0) is 18.4 Å². The highest BCUT2D eigenvalue weighted by Gasteiger charge is 2.30. The molecule has 1 aromatic carbocycles. The minimum absolute atomic E-state index is 0.170. The molecule has 0 saturated heterocycles. The number of nitrogens with one attached hydrogen (secondary N) is 1. The van der Waals surface area contributed by atoms with Crippen LogP contribution in [0.25, 0.3) is 4.96 Å². The quantitative estimate of drug-likeness (QED) is 0.799. The number of amides is 1. The van der Waals surface area contributed by atoms with E-state index < -0.39 is 0 Å². The number of nitrogens with zero attached hydrogens (tertiary/aromatic N) is 4. The molecule has 1 amide bonds. The van der Waals surface area contributed by atoms with Crippen molar-refractivity contribution in [1.82, 2.24) is 25.1 Å². The molecule has 1 fully saturated rings. The van der Waals surface area contributed by atoms with Gasteiger partial charge >= 0.3 is 0 Å². The summed E-state index contributed by atoms with van der Waals surface area (Å²) in [5, 5.41) is 15.9. The summed E-state index contributed by atoms with van der Waals surface area (Å²) in [7, 11) is 0. The topological polar surface area (TPSA) is 72.2 Å². The van der Waals surface area contributed by atoms with Crippen LogP contribution in [0.1, 0.15) is 39.9 Å². The molecule has 1 N–H and O–H groups in total. The Morgan fingerprint density at radius 3 is 2.86 bits per heavy atom. The SMILES string of the molecule is O=C(NCc1ccccc1)c1nn2c(C3CC3)nnc2s1. The summed E-state index contributed by atoms with van der Waals surface area (Å²) in [6.45, 7) is 0.495. The molecule has 4 rings (SSSR count). The normalized spacial score (nSPS) is 14.5. The smallest absolute Gasteiger partial charge is 0.282 e. The van der Waals surface area contributed by atoms with E-state index in [4.69, 9.17) is 0 Å². The zero-order valence-electron chi connectivity index (χ0n) is 11.2. The molecular formula is C14H13N5OS. The molecule has 0 aliphatic heterocycles. The van der Waals surface area contributed by atoms with Crippen molar-refractivity contribution in [2.24, 2.45) is 0 Å². The Labute approximate surface area is 124 Å². The summed E-state index contributed by atoms with van der Waals surface area (Å²) in [5.74, 6) is 1.17. The van der Waals surface area contributed by atoms with E-state index in [1.807, 2.05) is 30.3 Å². The number of aromatic nitrogens is 4. The Hall–Kier alpha value is -2.28. The second-order valence-electron chi connectivity index (χ2n) is 5.10. The standard InChI is InChI=1S/C14H13N5OS/c20-12(15-8-9-4-2-1-3-5-9)13-18-19-11(10-6-7-10)16-17-14(19)21-13/h1-5,10H,6-8H2,(H,15,20). The number of carbonyl (C=O) groups is 1. The minimum Gasteiger partial charge on any atom is -0.346 e. The summed E-state index contributed by atoms with van der Waals surface area (Å²) in [6, 6.07) is 9.81. The van der Waals surface area contributed by atoms with Gasteiger partial charge in [0.15, 0.2) is 5.82 Å². The van der Waals surface area contributed by atoms with Crippen LogP contribution in [0.5, 0.6) is 0 Å². The van der Waals surface area contributed by atoms with E-state index in [1.54, 1.807) is 4.52 Å². The first kappa shape index (κ1) is 12.5. The number of carbonyl (C=O) groups excluding carboxylic acids is 1. The lowest BCUT2D eigenvalue weighted by molar-refractivity contribution is 0.0949. The number of rotatable bonds is 4. The summed E-state index contributed by atoms with van der Waals surface area (Å²) in [5.41, 5.74) is 1.06. The van der Waals surface area contributed by atoms with Gasteiger partial charge in [0.05, 0.1) is 0 Å². The summed E-state index contributed by atoms with van der Waals surface area (Å²) in [4.78, 5) is 12.8. The molecule has 2 aromatic heterocycles. The first-order chi connectivity index (χ1) is 10.3. The molecule has 106 valence electrons. The molecular weight excluding hydrogens is 286 g/mol. The van der Waals surface area contributed by atoms with Crippen LogP contribution in [0.4, 0.5) is 0 Å². The average molecular weight is 299 g/mol. The molecule has 2 heterocycles. The van der Waals surface area contributed by atoms with Gasteiger partial charge in [0.25, 0.3) is 5.91 Å². The third-order valence-electron chi connectivity index (χ3n) is 3.45. The molecule has 0 spiro atoms. The number of fused-ring (bicyclic) bond motifs is 1. The Morgan fingerprint density at radius 2 is 2.10 bits per heavy atom. The maximum absolute atomic E-state index is 12.2. The number of hydrogen-bond acceptors (Lipinski definition) is 5. The zero-order chi connectivity index (χ0) is 14.2. The van der Waals surface area contributed by atoms with Gasteiger partial charge in [-0.1, -0.05) is 41.7 Å². The van der Waals surface area contributed by atoms with Crippen LogP contribution >= 0.6 is 11.3 Å². The van der Waals surface area contributed by atoms with Crippen molar-refractivity contribution in [3.63, 3.8) is 0 Å². The first-order valence-corrected chi connectivity index (χ1v) is 7.67. The van der Waals surface area contributed by atoms with E-state index in [1.165, 1.54) is 11.3 Å². The Morgan fingerprint density at radius 1 is 1.29 bits per heavy atom. The monoisotopic (exact) mass is 299 g/mol. The van der Waals surface area contributed by atoms with E-state index in [-0.39, 0.29) is 5.91 Å². The van der Waals surface area contributed by atoms with Crippen molar-refractivity contribution < 1.29 is 4.79 Å². The molecule has 0 bridgehead atoms. The lowest BCUT2D eigenvalue weighted by Gasteiger charge is -2.02. The van der Waals surface area contributed by atoms with Crippen LogP contribution in [0.3, 0.4) is 0 Å². The van der Waals surface area contributed by atoms with Crippen LogP contribution < -0.4 is 5.32 Å². The van der Waals surface area contributed by atoms with Crippen LogP contribution in [0.15, 0.2) is 30.3 Å². The van der Waals surface area contributed by atoms with Gasteiger partial charge < -0.3 is 5.32 Å². The predicted molar refractivity (Wildman–Crippen MR) is 78.2 cm³/mol.